The van der Waals surface area contributed by atoms with Crippen LogP contribution in [0.15, 0.2) is 30.7 Å². The molecule has 162 valence electrons. The number of halogens is 2. The van der Waals surface area contributed by atoms with Crippen LogP contribution >= 0.6 is 0 Å². The van der Waals surface area contributed by atoms with Gasteiger partial charge in [-0.25, -0.2) is 9.97 Å². The lowest BCUT2D eigenvalue weighted by atomic mass is 10.1. The Kier molecular flexibility index (Phi) is 5.88. The molecule has 1 aliphatic rings. The molecular formula is C21H22F2N6O2. The van der Waals surface area contributed by atoms with E-state index >= 15 is 0 Å². The third-order valence-electron chi connectivity index (χ3n) is 5.03. The van der Waals surface area contributed by atoms with Gasteiger partial charge >= 0.3 is 6.61 Å². The van der Waals surface area contributed by atoms with Crippen molar-refractivity contribution < 1.29 is 18.3 Å². The fourth-order valence-corrected chi connectivity index (χ4v) is 3.74. The number of hydrogen-bond acceptors (Lipinski definition) is 7. The van der Waals surface area contributed by atoms with Crippen LogP contribution in [-0.2, 0) is 31.1 Å². The van der Waals surface area contributed by atoms with Crippen molar-refractivity contribution in [3.8, 4) is 17.3 Å². The number of hydrogen-bond donors (Lipinski definition) is 0. The number of nitrogens with zero attached hydrogens (tertiary/aromatic N) is 6. The fourth-order valence-electron chi connectivity index (χ4n) is 3.74. The Labute approximate surface area is 177 Å². The molecule has 4 rings (SSSR count). The molecule has 0 N–H and O–H groups in total. The van der Waals surface area contributed by atoms with E-state index in [4.69, 9.17) is 0 Å². The standard InChI is InChI=1S/C21H22F2N6O2/c1-28(12-14(30)8-13-10-25-29(2)11-13)20-16-4-3-5-17(16)26-19(27-20)18-9-15(6-7-24-18)31-21(22)23/h6-7,9-11,21H,3-5,8,12H2,1-2H3. The van der Waals surface area contributed by atoms with Crippen LogP contribution in [0.4, 0.5) is 14.6 Å². The summed E-state index contributed by atoms with van der Waals surface area (Å²) in [5.41, 5.74) is 3.10. The van der Waals surface area contributed by atoms with Crippen molar-refractivity contribution in [2.45, 2.75) is 32.3 Å². The summed E-state index contributed by atoms with van der Waals surface area (Å²) in [4.78, 5) is 27.9. The predicted octanol–water partition coefficient (Wildman–Crippen LogP) is 2.61. The van der Waals surface area contributed by atoms with E-state index in [0.717, 1.165) is 36.1 Å². The first-order valence-electron chi connectivity index (χ1n) is 9.90. The van der Waals surface area contributed by atoms with E-state index in [2.05, 4.69) is 24.8 Å². The number of alkyl halides is 2. The number of fused-ring (bicyclic) bond motifs is 1. The average Bonchev–Trinajstić information content (AvgIpc) is 3.35. The molecule has 0 radical (unpaired) electrons. The SMILES string of the molecule is CN(CC(=O)Cc1cnn(C)c1)c1nc(-c2cc(OC(F)F)ccn2)nc2c1CCC2. The van der Waals surface area contributed by atoms with Gasteiger partial charge in [-0.1, -0.05) is 0 Å². The number of anilines is 1. The summed E-state index contributed by atoms with van der Waals surface area (Å²) in [5.74, 6) is 1.01. The van der Waals surface area contributed by atoms with Crippen LogP contribution in [0.25, 0.3) is 11.5 Å². The molecule has 0 saturated carbocycles. The zero-order valence-electron chi connectivity index (χ0n) is 17.3. The van der Waals surface area contributed by atoms with E-state index in [0.29, 0.717) is 17.3 Å². The van der Waals surface area contributed by atoms with Crippen LogP contribution in [0, 0.1) is 0 Å². The van der Waals surface area contributed by atoms with Gasteiger partial charge in [0.25, 0.3) is 0 Å². The lowest BCUT2D eigenvalue weighted by Crippen LogP contribution is -2.28. The largest absolute Gasteiger partial charge is 0.435 e. The zero-order valence-corrected chi connectivity index (χ0v) is 17.3. The van der Waals surface area contributed by atoms with Gasteiger partial charge < -0.3 is 9.64 Å². The Morgan fingerprint density at radius 3 is 2.90 bits per heavy atom. The Morgan fingerprint density at radius 2 is 2.16 bits per heavy atom. The van der Waals surface area contributed by atoms with Gasteiger partial charge in [-0.2, -0.15) is 13.9 Å². The van der Waals surface area contributed by atoms with Crippen molar-refractivity contribution in [3.63, 3.8) is 0 Å². The van der Waals surface area contributed by atoms with Crippen LogP contribution in [0.1, 0.15) is 23.2 Å². The maximum absolute atomic E-state index is 12.6. The second-order valence-corrected chi connectivity index (χ2v) is 7.50. The highest BCUT2D eigenvalue weighted by atomic mass is 19.3. The van der Waals surface area contributed by atoms with Gasteiger partial charge in [-0.3, -0.25) is 14.5 Å². The topological polar surface area (TPSA) is 86.0 Å². The molecule has 0 saturated heterocycles. The second kappa shape index (κ2) is 8.75. The van der Waals surface area contributed by atoms with Crippen molar-refractivity contribution in [1.82, 2.24) is 24.7 Å². The van der Waals surface area contributed by atoms with E-state index in [1.165, 1.54) is 18.3 Å². The highest BCUT2D eigenvalue weighted by molar-refractivity contribution is 5.85. The molecule has 0 amide bonds. The molecule has 8 nitrogen and oxygen atoms in total. The monoisotopic (exact) mass is 428 g/mol. The minimum atomic E-state index is -2.93. The van der Waals surface area contributed by atoms with Crippen LogP contribution in [0.2, 0.25) is 0 Å². The average molecular weight is 428 g/mol. The van der Waals surface area contributed by atoms with Gasteiger partial charge in [-0.15, -0.1) is 0 Å². The van der Waals surface area contributed by atoms with Crippen molar-refractivity contribution in [3.05, 3.63) is 47.5 Å². The maximum atomic E-state index is 12.6. The molecule has 10 heteroatoms. The van der Waals surface area contributed by atoms with Crippen molar-refractivity contribution in [2.75, 3.05) is 18.5 Å². The highest BCUT2D eigenvalue weighted by Crippen LogP contribution is 2.31. The summed E-state index contributed by atoms with van der Waals surface area (Å²) in [7, 11) is 3.62. The number of Topliss-reactive ketones (excluding diaryl/α,β-unsaturated/α-hetero) is 1. The number of rotatable bonds is 8. The third kappa shape index (κ3) is 4.84. The van der Waals surface area contributed by atoms with Gasteiger partial charge in [0.15, 0.2) is 11.6 Å². The normalized spacial score (nSPS) is 12.8. The van der Waals surface area contributed by atoms with Gasteiger partial charge in [0.1, 0.15) is 17.3 Å². The number of carbonyl (C=O) groups excluding carboxylic acids is 1. The minimum absolute atomic E-state index is 0.00866. The summed E-state index contributed by atoms with van der Waals surface area (Å²) < 4.78 is 31.3. The molecule has 0 bridgehead atoms. The molecule has 0 unspecified atom stereocenters. The van der Waals surface area contributed by atoms with Crippen LogP contribution < -0.4 is 9.64 Å². The number of ether oxygens (including phenoxy) is 1. The maximum Gasteiger partial charge on any atom is 0.387 e. The number of carbonyl (C=O) groups is 1. The van der Waals surface area contributed by atoms with Crippen molar-refractivity contribution in [2.24, 2.45) is 7.05 Å². The lowest BCUT2D eigenvalue weighted by Gasteiger charge is -2.21. The minimum Gasteiger partial charge on any atom is -0.435 e. The van der Waals surface area contributed by atoms with Gasteiger partial charge in [0.2, 0.25) is 0 Å². The Bertz CT molecular complexity index is 1100. The summed E-state index contributed by atoms with van der Waals surface area (Å²) in [6.07, 6.45) is 7.73. The van der Waals surface area contributed by atoms with Crippen LogP contribution in [0.5, 0.6) is 5.75 Å². The summed E-state index contributed by atoms with van der Waals surface area (Å²) in [5, 5.41) is 4.09. The van der Waals surface area contributed by atoms with E-state index in [1.807, 2.05) is 18.1 Å². The zero-order chi connectivity index (χ0) is 22.0. The first-order valence-corrected chi connectivity index (χ1v) is 9.90. The molecule has 0 spiro atoms. The fraction of sp³-hybridized carbons (Fsp3) is 0.381. The Balaban J connectivity index is 1.59. The van der Waals surface area contributed by atoms with Crippen molar-refractivity contribution >= 4 is 11.6 Å². The Hall–Kier alpha value is -3.43. The number of aryl methyl sites for hydroxylation is 2. The predicted molar refractivity (Wildman–Crippen MR) is 109 cm³/mol. The molecule has 0 atom stereocenters. The first kappa shape index (κ1) is 20.8. The smallest absolute Gasteiger partial charge is 0.387 e. The molecule has 3 aromatic heterocycles. The molecule has 0 aromatic carbocycles. The van der Waals surface area contributed by atoms with E-state index < -0.39 is 6.61 Å². The first-order chi connectivity index (χ1) is 14.9. The highest BCUT2D eigenvalue weighted by Gasteiger charge is 2.24. The molecule has 0 aliphatic heterocycles. The lowest BCUT2D eigenvalue weighted by molar-refractivity contribution is -0.117. The summed E-state index contributed by atoms with van der Waals surface area (Å²) >= 11 is 0. The van der Waals surface area contributed by atoms with E-state index in [9.17, 15) is 13.6 Å². The van der Waals surface area contributed by atoms with Crippen LogP contribution in [-0.4, -0.2) is 50.7 Å². The quantitative estimate of drug-likeness (QED) is 0.545. The molecule has 3 heterocycles. The molecule has 1 aliphatic carbocycles. The van der Waals surface area contributed by atoms with Crippen LogP contribution in [0.3, 0.4) is 0 Å². The molecular weight excluding hydrogens is 406 g/mol. The number of ketones is 1. The van der Waals surface area contributed by atoms with Gasteiger partial charge in [0, 0.05) is 50.2 Å². The summed E-state index contributed by atoms with van der Waals surface area (Å²) in [6, 6.07) is 2.74. The Morgan fingerprint density at radius 1 is 1.32 bits per heavy atom. The van der Waals surface area contributed by atoms with E-state index in [1.54, 1.807) is 17.9 Å². The van der Waals surface area contributed by atoms with Gasteiger partial charge in [-0.05, 0) is 30.9 Å². The molecule has 0 fully saturated rings. The molecule has 31 heavy (non-hydrogen) atoms. The van der Waals surface area contributed by atoms with Crippen molar-refractivity contribution in [1.29, 1.82) is 0 Å². The third-order valence-corrected chi connectivity index (χ3v) is 5.03. The van der Waals surface area contributed by atoms with Gasteiger partial charge in [0.05, 0.1) is 12.7 Å². The van der Waals surface area contributed by atoms with E-state index in [-0.39, 0.29) is 24.5 Å². The summed E-state index contributed by atoms with van der Waals surface area (Å²) in [6.45, 7) is -2.75. The number of pyridine rings is 1. The molecule has 3 aromatic rings. The second-order valence-electron chi connectivity index (χ2n) is 7.50. The number of likely N-dealkylation sites (N-methyl/N-ethyl adjacent to an activating group) is 1. The number of aromatic nitrogens is 5.